The lowest BCUT2D eigenvalue weighted by molar-refractivity contribution is -0.158. The summed E-state index contributed by atoms with van der Waals surface area (Å²) in [7, 11) is 0. The van der Waals surface area contributed by atoms with E-state index in [4.69, 9.17) is 9.47 Å². The van der Waals surface area contributed by atoms with Gasteiger partial charge in [-0.05, 0) is 56.2 Å². The Morgan fingerprint density at radius 1 is 0.886 bits per heavy atom. The van der Waals surface area contributed by atoms with Gasteiger partial charge in [0.15, 0.2) is 6.10 Å². The molecule has 0 aliphatic carbocycles. The topological polar surface area (TPSA) is 100 Å². The third-order valence-electron chi connectivity index (χ3n) is 6.31. The molecule has 0 radical (unpaired) electrons. The van der Waals surface area contributed by atoms with E-state index in [1.807, 2.05) is 54.6 Å². The second-order valence-corrected chi connectivity index (χ2v) is 8.77. The molecule has 2 aromatic rings. The molecule has 2 aromatic carbocycles. The third-order valence-corrected chi connectivity index (χ3v) is 6.31. The number of nitrogens with one attached hydrogen (secondary N) is 2. The lowest BCUT2D eigenvalue weighted by Gasteiger charge is -2.31. The Kier molecular flexibility index (Phi) is 8.20. The average molecular weight is 481 g/mol. The Balaban J connectivity index is 1.20. The maximum Gasteiger partial charge on any atom is 0.321 e. The molecule has 3 amide bonds. The van der Waals surface area contributed by atoms with Crippen LogP contribution >= 0.6 is 0 Å². The number of anilines is 3. The van der Waals surface area contributed by atoms with Gasteiger partial charge in [-0.25, -0.2) is 4.79 Å². The van der Waals surface area contributed by atoms with Crippen LogP contribution in [0.4, 0.5) is 21.9 Å². The van der Waals surface area contributed by atoms with Gasteiger partial charge in [-0.3, -0.25) is 9.59 Å². The number of morpholine rings is 1. The smallest absolute Gasteiger partial charge is 0.321 e. The third kappa shape index (κ3) is 6.73. The van der Waals surface area contributed by atoms with E-state index >= 15 is 0 Å². The van der Waals surface area contributed by atoms with Crippen LogP contribution in [0.15, 0.2) is 54.6 Å². The minimum Gasteiger partial charge on any atom is -0.452 e. The van der Waals surface area contributed by atoms with Gasteiger partial charge in [0.25, 0.3) is 5.91 Å². The highest BCUT2D eigenvalue weighted by Gasteiger charge is 2.30. The number of esters is 1. The molecule has 1 atom stereocenters. The maximum atomic E-state index is 12.6. The van der Waals surface area contributed by atoms with E-state index in [2.05, 4.69) is 15.5 Å². The van der Waals surface area contributed by atoms with Gasteiger partial charge in [0, 0.05) is 43.2 Å². The molecule has 186 valence electrons. The first kappa shape index (κ1) is 24.5. The number of piperidine rings is 1. The summed E-state index contributed by atoms with van der Waals surface area (Å²) in [5, 5.41) is 5.66. The average Bonchev–Trinajstić information content (AvgIpc) is 2.90. The van der Waals surface area contributed by atoms with Crippen LogP contribution < -0.4 is 15.5 Å². The summed E-state index contributed by atoms with van der Waals surface area (Å²) < 4.78 is 10.8. The van der Waals surface area contributed by atoms with Crippen molar-refractivity contribution in [1.82, 2.24) is 4.90 Å². The normalized spacial score (nSPS) is 17.4. The van der Waals surface area contributed by atoms with Gasteiger partial charge in [0.1, 0.15) is 0 Å². The van der Waals surface area contributed by atoms with E-state index in [9.17, 15) is 14.4 Å². The van der Waals surface area contributed by atoms with Crippen LogP contribution in [-0.4, -0.2) is 68.3 Å². The van der Waals surface area contributed by atoms with Crippen molar-refractivity contribution in [2.75, 3.05) is 54.9 Å². The molecule has 2 aliphatic heterocycles. The van der Waals surface area contributed by atoms with Crippen LogP contribution in [0.5, 0.6) is 0 Å². The van der Waals surface area contributed by atoms with Gasteiger partial charge in [-0.2, -0.15) is 0 Å². The fraction of sp³-hybridized carbons (Fsp3) is 0.423. The van der Waals surface area contributed by atoms with Crippen LogP contribution in [-0.2, 0) is 19.1 Å². The quantitative estimate of drug-likeness (QED) is 0.615. The van der Waals surface area contributed by atoms with E-state index in [1.165, 1.54) is 0 Å². The van der Waals surface area contributed by atoms with Crippen LogP contribution in [0, 0.1) is 5.92 Å². The predicted octanol–water partition coefficient (Wildman–Crippen LogP) is 3.34. The number of carbonyl (C=O) groups is 3. The molecular weight excluding hydrogens is 448 g/mol. The van der Waals surface area contributed by atoms with Crippen molar-refractivity contribution in [2.45, 2.75) is 25.9 Å². The van der Waals surface area contributed by atoms with E-state index < -0.39 is 12.1 Å². The van der Waals surface area contributed by atoms with Gasteiger partial charge in [0.05, 0.1) is 19.1 Å². The Hall–Kier alpha value is -3.59. The fourth-order valence-corrected chi connectivity index (χ4v) is 4.19. The summed E-state index contributed by atoms with van der Waals surface area (Å²) in [5.41, 5.74) is 2.46. The molecule has 4 rings (SSSR count). The van der Waals surface area contributed by atoms with Gasteiger partial charge in [0.2, 0.25) is 0 Å². The van der Waals surface area contributed by atoms with Crippen LogP contribution in [0.3, 0.4) is 0 Å². The molecule has 0 spiro atoms. The number of ether oxygens (including phenoxy) is 2. The maximum absolute atomic E-state index is 12.6. The monoisotopic (exact) mass is 480 g/mol. The van der Waals surface area contributed by atoms with Crippen molar-refractivity contribution in [1.29, 1.82) is 0 Å². The van der Waals surface area contributed by atoms with Crippen molar-refractivity contribution >= 4 is 35.0 Å². The highest BCUT2D eigenvalue weighted by atomic mass is 16.5. The molecule has 1 unspecified atom stereocenters. The van der Waals surface area contributed by atoms with E-state index in [0.29, 0.717) is 44.8 Å². The second-order valence-electron chi connectivity index (χ2n) is 8.77. The molecule has 2 fully saturated rings. The number of urea groups is 1. The predicted molar refractivity (Wildman–Crippen MR) is 133 cm³/mol. The lowest BCUT2D eigenvalue weighted by Crippen LogP contribution is -2.43. The van der Waals surface area contributed by atoms with Crippen LogP contribution in [0.1, 0.15) is 19.8 Å². The minimum atomic E-state index is -0.916. The SMILES string of the molecule is CC(OC(=O)C1CCN(C(=O)Nc2ccccc2)CC1)C(=O)Nc1ccc(N2CCOCC2)cc1. The molecule has 0 saturated carbocycles. The first-order chi connectivity index (χ1) is 17.0. The first-order valence-electron chi connectivity index (χ1n) is 12.0. The highest BCUT2D eigenvalue weighted by Crippen LogP contribution is 2.22. The number of rotatable bonds is 6. The number of para-hydroxylation sites is 1. The van der Waals surface area contributed by atoms with Crippen molar-refractivity contribution in [3.63, 3.8) is 0 Å². The molecular formula is C26H32N4O5. The van der Waals surface area contributed by atoms with E-state index in [0.717, 1.165) is 24.5 Å². The number of nitrogens with zero attached hydrogens (tertiary/aromatic N) is 2. The molecule has 9 nitrogen and oxygen atoms in total. The summed E-state index contributed by atoms with van der Waals surface area (Å²) >= 11 is 0. The number of hydrogen-bond acceptors (Lipinski definition) is 6. The molecule has 0 aromatic heterocycles. The van der Waals surface area contributed by atoms with Crippen molar-refractivity contribution in [3.05, 3.63) is 54.6 Å². The summed E-state index contributed by atoms with van der Waals surface area (Å²) in [6.45, 7) is 5.58. The summed E-state index contributed by atoms with van der Waals surface area (Å²) in [4.78, 5) is 41.5. The van der Waals surface area contributed by atoms with Crippen LogP contribution in [0.25, 0.3) is 0 Å². The second kappa shape index (κ2) is 11.7. The fourth-order valence-electron chi connectivity index (χ4n) is 4.19. The number of carbonyl (C=O) groups excluding carboxylic acids is 3. The Labute approximate surface area is 205 Å². The number of likely N-dealkylation sites (tertiary alicyclic amines) is 1. The Morgan fingerprint density at radius 2 is 1.51 bits per heavy atom. The minimum absolute atomic E-state index is 0.185. The molecule has 0 bridgehead atoms. The lowest BCUT2D eigenvalue weighted by atomic mass is 9.97. The van der Waals surface area contributed by atoms with Crippen LogP contribution in [0.2, 0.25) is 0 Å². The van der Waals surface area contributed by atoms with Gasteiger partial charge < -0.3 is 29.9 Å². The molecule has 2 aliphatic rings. The Morgan fingerprint density at radius 3 is 2.17 bits per heavy atom. The summed E-state index contributed by atoms with van der Waals surface area (Å²) in [6.07, 6.45) is 0.0809. The van der Waals surface area contributed by atoms with Gasteiger partial charge in [-0.15, -0.1) is 0 Å². The molecule has 2 saturated heterocycles. The molecule has 35 heavy (non-hydrogen) atoms. The summed E-state index contributed by atoms with van der Waals surface area (Å²) in [6, 6.07) is 16.7. The van der Waals surface area contributed by atoms with E-state index in [1.54, 1.807) is 11.8 Å². The number of hydrogen-bond donors (Lipinski definition) is 2. The van der Waals surface area contributed by atoms with Gasteiger partial charge in [-0.1, -0.05) is 18.2 Å². The highest BCUT2D eigenvalue weighted by molar-refractivity contribution is 5.95. The van der Waals surface area contributed by atoms with Crippen molar-refractivity contribution in [3.8, 4) is 0 Å². The van der Waals surface area contributed by atoms with Crippen molar-refractivity contribution < 1.29 is 23.9 Å². The zero-order valence-electron chi connectivity index (χ0n) is 19.9. The molecule has 9 heteroatoms. The molecule has 2 N–H and O–H groups in total. The van der Waals surface area contributed by atoms with Gasteiger partial charge >= 0.3 is 12.0 Å². The van der Waals surface area contributed by atoms with E-state index in [-0.39, 0.29) is 17.9 Å². The largest absolute Gasteiger partial charge is 0.452 e. The zero-order valence-corrected chi connectivity index (χ0v) is 19.9. The zero-order chi connectivity index (χ0) is 24.6. The number of benzene rings is 2. The molecule has 2 heterocycles. The number of amides is 3. The Bertz CT molecular complexity index is 1000. The summed E-state index contributed by atoms with van der Waals surface area (Å²) in [5.74, 6) is -1.12. The first-order valence-corrected chi connectivity index (χ1v) is 12.0. The van der Waals surface area contributed by atoms with Crippen molar-refractivity contribution in [2.24, 2.45) is 5.92 Å². The standard InChI is InChI=1S/C26H32N4O5/c1-19(24(31)27-22-7-9-23(10-8-22)29-15-17-34-18-16-29)35-25(32)20-11-13-30(14-12-20)26(33)28-21-5-3-2-4-6-21/h2-10,19-20H,11-18H2,1H3,(H,27,31)(H,28,33).